The highest BCUT2D eigenvalue weighted by atomic mass is 16.5. The van der Waals surface area contributed by atoms with Gasteiger partial charge in [0, 0.05) is 24.7 Å². The molecule has 3 rings (SSSR count). The predicted octanol–water partition coefficient (Wildman–Crippen LogP) is 2.47. The van der Waals surface area contributed by atoms with E-state index in [0.29, 0.717) is 5.92 Å². The van der Waals surface area contributed by atoms with Gasteiger partial charge < -0.3 is 9.42 Å². The molecular weight excluding hydrogens is 240 g/mol. The maximum atomic E-state index is 5.27. The van der Waals surface area contributed by atoms with Crippen LogP contribution in [0.4, 0.5) is 5.82 Å². The Labute approximate surface area is 112 Å². The minimum atomic E-state index is 0.391. The number of piperidine rings is 1. The van der Waals surface area contributed by atoms with Crippen LogP contribution in [0.15, 0.2) is 22.7 Å². The minimum Gasteiger partial charge on any atom is -0.357 e. The molecule has 2 aromatic rings. The lowest BCUT2D eigenvalue weighted by Gasteiger charge is -2.31. The van der Waals surface area contributed by atoms with Gasteiger partial charge in [-0.25, -0.2) is 4.98 Å². The van der Waals surface area contributed by atoms with Gasteiger partial charge in [0.05, 0.1) is 0 Å². The van der Waals surface area contributed by atoms with Gasteiger partial charge in [-0.2, -0.15) is 4.98 Å². The van der Waals surface area contributed by atoms with Crippen LogP contribution in [0.2, 0.25) is 0 Å². The van der Waals surface area contributed by atoms with Crippen LogP contribution in [-0.4, -0.2) is 28.2 Å². The molecule has 0 aliphatic carbocycles. The molecule has 0 spiro atoms. The number of hydrogen-bond donors (Lipinski definition) is 0. The van der Waals surface area contributed by atoms with Crippen molar-refractivity contribution in [2.45, 2.75) is 32.6 Å². The minimum absolute atomic E-state index is 0.391. The second-order valence-corrected chi connectivity index (χ2v) is 5.08. The summed E-state index contributed by atoms with van der Waals surface area (Å²) in [6.07, 6.45) is 2.08. The number of aryl methyl sites for hydroxylation is 2. The van der Waals surface area contributed by atoms with Gasteiger partial charge in [0.1, 0.15) is 5.82 Å². The maximum absolute atomic E-state index is 5.27. The summed E-state index contributed by atoms with van der Waals surface area (Å²) in [5.74, 6) is 2.97. The van der Waals surface area contributed by atoms with Crippen molar-refractivity contribution in [2.24, 2.45) is 0 Å². The van der Waals surface area contributed by atoms with E-state index in [9.17, 15) is 0 Å². The first kappa shape index (κ1) is 12.1. The predicted molar refractivity (Wildman–Crippen MR) is 72.2 cm³/mol. The van der Waals surface area contributed by atoms with Crippen molar-refractivity contribution in [3.05, 3.63) is 35.6 Å². The molecular formula is C14H18N4O. The van der Waals surface area contributed by atoms with Crippen LogP contribution in [0, 0.1) is 13.8 Å². The largest absolute Gasteiger partial charge is 0.357 e. The number of rotatable bonds is 2. The Morgan fingerprint density at radius 3 is 2.58 bits per heavy atom. The molecule has 1 fully saturated rings. The molecule has 1 aliphatic rings. The molecule has 2 aromatic heterocycles. The Balaban J connectivity index is 1.66. The van der Waals surface area contributed by atoms with Gasteiger partial charge in [-0.05, 0) is 38.8 Å². The second kappa shape index (κ2) is 4.99. The smallest absolute Gasteiger partial charge is 0.229 e. The van der Waals surface area contributed by atoms with Crippen molar-refractivity contribution in [1.29, 1.82) is 0 Å². The first-order valence-electron chi connectivity index (χ1n) is 6.71. The van der Waals surface area contributed by atoms with Crippen LogP contribution in [0.5, 0.6) is 0 Å². The van der Waals surface area contributed by atoms with E-state index in [1.54, 1.807) is 0 Å². The standard InChI is InChI=1S/C14H18N4O/c1-10-4-3-5-13(15-10)18-8-6-12(7-9-18)14-16-11(2)17-19-14/h3-5,12H,6-9H2,1-2H3. The molecule has 1 aliphatic heterocycles. The average molecular weight is 258 g/mol. The van der Waals surface area contributed by atoms with Gasteiger partial charge in [0.25, 0.3) is 0 Å². The summed E-state index contributed by atoms with van der Waals surface area (Å²) in [5.41, 5.74) is 1.06. The Kier molecular flexibility index (Phi) is 3.19. The molecule has 0 atom stereocenters. The fourth-order valence-corrected chi connectivity index (χ4v) is 2.54. The lowest BCUT2D eigenvalue weighted by atomic mass is 9.97. The van der Waals surface area contributed by atoms with Crippen LogP contribution >= 0.6 is 0 Å². The number of hydrogen-bond acceptors (Lipinski definition) is 5. The zero-order valence-corrected chi connectivity index (χ0v) is 11.3. The van der Waals surface area contributed by atoms with Crippen LogP contribution in [-0.2, 0) is 0 Å². The van der Waals surface area contributed by atoms with Crippen LogP contribution in [0.25, 0.3) is 0 Å². The highest BCUT2D eigenvalue weighted by Crippen LogP contribution is 2.28. The fourth-order valence-electron chi connectivity index (χ4n) is 2.54. The molecule has 1 saturated heterocycles. The molecule has 19 heavy (non-hydrogen) atoms. The Morgan fingerprint density at radius 2 is 1.95 bits per heavy atom. The van der Waals surface area contributed by atoms with E-state index < -0.39 is 0 Å². The quantitative estimate of drug-likeness (QED) is 0.828. The first-order valence-corrected chi connectivity index (χ1v) is 6.71. The van der Waals surface area contributed by atoms with Crippen molar-refractivity contribution >= 4 is 5.82 Å². The summed E-state index contributed by atoms with van der Waals surface area (Å²) in [6.45, 7) is 5.86. The Hall–Kier alpha value is -1.91. The number of anilines is 1. The lowest BCUT2D eigenvalue weighted by Crippen LogP contribution is -2.33. The molecule has 0 unspecified atom stereocenters. The normalized spacial score (nSPS) is 16.8. The summed E-state index contributed by atoms with van der Waals surface area (Å²) >= 11 is 0. The highest BCUT2D eigenvalue weighted by Gasteiger charge is 2.25. The molecule has 100 valence electrons. The molecule has 5 nitrogen and oxygen atoms in total. The molecule has 0 amide bonds. The molecule has 0 bridgehead atoms. The van der Waals surface area contributed by atoms with E-state index in [-0.39, 0.29) is 0 Å². The highest BCUT2D eigenvalue weighted by molar-refractivity contribution is 5.39. The van der Waals surface area contributed by atoms with Crippen molar-refractivity contribution in [3.8, 4) is 0 Å². The summed E-state index contributed by atoms with van der Waals surface area (Å²) in [6, 6.07) is 6.16. The van der Waals surface area contributed by atoms with E-state index in [4.69, 9.17) is 4.52 Å². The molecule has 5 heteroatoms. The van der Waals surface area contributed by atoms with E-state index in [1.165, 1.54) is 0 Å². The fraction of sp³-hybridized carbons (Fsp3) is 0.500. The third-order valence-corrected chi connectivity index (χ3v) is 3.59. The number of aromatic nitrogens is 3. The van der Waals surface area contributed by atoms with Crippen molar-refractivity contribution in [1.82, 2.24) is 15.1 Å². The third kappa shape index (κ3) is 2.59. The molecule has 0 N–H and O–H groups in total. The van der Waals surface area contributed by atoms with E-state index >= 15 is 0 Å². The van der Waals surface area contributed by atoms with Crippen LogP contribution < -0.4 is 4.90 Å². The number of nitrogens with zero attached hydrogens (tertiary/aromatic N) is 4. The van der Waals surface area contributed by atoms with E-state index in [1.807, 2.05) is 19.9 Å². The van der Waals surface area contributed by atoms with E-state index in [0.717, 1.165) is 49.2 Å². The van der Waals surface area contributed by atoms with Gasteiger partial charge in [-0.15, -0.1) is 0 Å². The summed E-state index contributed by atoms with van der Waals surface area (Å²) < 4.78 is 5.27. The van der Waals surface area contributed by atoms with Crippen LogP contribution in [0.1, 0.15) is 36.2 Å². The summed E-state index contributed by atoms with van der Waals surface area (Å²) in [7, 11) is 0. The Morgan fingerprint density at radius 1 is 1.16 bits per heavy atom. The van der Waals surface area contributed by atoms with E-state index in [2.05, 4.69) is 32.2 Å². The third-order valence-electron chi connectivity index (χ3n) is 3.59. The topological polar surface area (TPSA) is 55.1 Å². The zero-order valence-electron chi connectivity index (χ0n) is 11.3. The number of pyridine rings is 1. The molecule has 0 saturated carbocycles. The van der Waals surface area contributed by atoms with Crippen LogP contribution in [0.3, 0.4) is 0 Å². The van der Waals surface area contributed by atoms with Crippen molar-refractivity contribution < 1.29 is 4.52 Å². The van der Waals surface area contributed by atoms with Gasteiger partial charge in [0.2, 0.25) is 5.89 Å². The average Bonchev–Trinajstić information content (AvgIpc) is 2.86. The lowest BCUT2D eigenvalue weighted by molar-refractivity contribution is 0.327. The maximum Gasteiger partial charge on any atom is 0.229 e. The second-order valence-electron chi connectivity index (χ2n) is 5.08. The van der Waals surface area contributed by atoms with Gasteiger partial charge in [-0.1, -0.05) is 11.2 Å². The Bertz CT molecular complexity index is 558. The zero-order chi connectivity index (χ0) is 13.2. The monoisotopic (exact) mass is 258 g/mol. The molecule has 0 aromatic carbocycles. The van der Waals surface area contributed by atoms with Crippen molar-refractivity contribution in [3.63, 3.8) is 0 Å². The SMILES string of the molecule is Cc1cccc(N2CCC(c3nc(C)no3)CC2)n1. The summed E-state index contributed by atoms with van der Waals surface area (Å²) in [4.78, 5) is 11.2. The molecule has 0 radical (unpaired) electrons. The summed E-state index contributed by atoms with van der Waals surface area (Å²) in [5, 5.41) is 3.87. The molecule has 3 heterocycles. The van der Waals surface area contributed by atoms with Gasteiger partial charge in [0.15, 0.2) is 5.82 Å². The van der Waals surface area contributed by atoms with Gasteiger partial charge in [-0.3, -0.25) is 0 Å². The first-order chi connectivity index (χ1) is 9.22. The van der Waals surface area contributed by atoms with Crippen molar-refractivity contribution in [2.75, 3.05) is 18.0 Å². The van der Waals surface area contributed by atoms with Gasteiger partial charge >= 0.3 is 0 Å².